The summed E-state index contributed by atoms with van der Waals surface area (Å²) in [5, 5.41) is 3.23. The van der Waals surface area contributed by atoms with Crippen LogP contribution in [0.4, 0.5) is 0 Å². The molecule has 2 heterocycles. The van der Waals surface area contributed by atoms with Crippen LogP contribution in [0.3, 0.4) is 0 Å². The van der Waals surface area contributed by atoms with E-state index >= 15 is 0 Å². The molecular weight excluding hydrogens is 336 g/mol. The number of ether oxygens (including phenoxy) is 2. The summed E-state index contributed by atoms with van der Waals surface area (Å²) in [6.07, 6.45) is 5.34. The third kappa shape index (κ3) is 5.50. The van der Waals surface area contributed by atoms with Crippen LogP contribution in [0.25, 0.3) is 0 Å². The quantitative estimate of drug-likeness (QED) is 0.724. The molecular formula is C19H30N2O3S. The van der Waals surface area contributed by atoms with E-state index < -0.39 is 0 Å². The van der Waals surface area contributed by atoms with Crippen LogP contribution in [0.2, 0.25) is 0 Å². The maximum atomic E-state index is 12.1. The Morgan fingerprint density at radius 2 is 2.16 bits per heavy atom. The van der Waals surface area contributed by atoms with Gasteiger partial charge in [-0.15, -0.1) is 11.3 Å². The average molecular weight is 367 g/mol. The van der Waals surface area contributed by atoms with Gasteiger partial charge in [-0.1, -0.05) is 19.8 Å². The molecule has 0 N–H and O–H groups in total. The number of carbonyl (C=O) groups is 1. The van der Waals surface area contributed by atoms with Crippen LogP contribution in [0, 0.1) is 5.92 Å². The van der Waals surface area contributed by atoms with Crippen molar-refractivity contribution < 1.29 is 14.3 Å². The lowest BCUT2D eigenvalue weighted by molar-refractivity contribution is -0.143. The Morgan fingerprint density at radius 3 is 2.92 bits per heavy atom. The highest BCUT2D eigenvalue weighted by atomic mass is 32.1. The molecule has 1 aliphatic carbocycles. The third-order valence-corrected chi connectivity index (χ3v) is 6.46. The van der Waals surface area contributed by atoms with Crippen molar-refractivity contribution in [2.75, 3.05) is 32.9 Å². The fraction of sp³-hybridized carbons (Fsp3) is 0.789. The van der Waals surface area contributed by atoms with Crippen molar-refractivity contribution in [1.29, 1.82) is 0 Å². The molecule has 1 saturated heterocycles. The standard InChI is InChI=1S/C19H30N2O3S/c1-14-3-5-16(6-4-14)19-20-17(13-25-19)11-18(22)24-10-8-21-7-9-23-12-15(21)2/h13-16H,3-12H2,1-2H3. The Hall–Kier alpha value is -0.980. The molecule has 25 heavy (non-hydrogen) atoms. The minimum atomic E-state index is -0.171. The summed E-state index contributed by atoms with van der Waals surface area (Å²) in [4.78, 5) is 19.1. The monoisotopic (exact) mass is 366 g/mol. The molecule has 140 valence electrons. The lowest BCUT2D eigenvalue weighted by Crippen LogP contribution is -2.45. The van der Waals surface area contributed by atoms with E-state index in [-0.39, 0.29) is 12.4 Å². The number of morpholine rings is 1. The maximum Gasteiger partial charge on any atom is 0.311 e. The van der Waals surface area contributed by atoms with E-state index in [1.165, 1.54) is 30.7 Å². The first kappa shape index (κ1) is 18.8. The largest absolute Gasteiger partial charge is 0.464 e. The van der Waals surface area contributed by atoms with Crippen molar-refractivity contribution in [3.05, 3.63) is 16.1 Å². The summed E-state index contributed by atoms with van der Waals surface area (Å²) >= 11 is 1.71. The van der Waals surface area contributed by atoms with Gasteiger partial charge in [-0.05, 0) is 25.7 Å². The molecule has 2 aliphatic rings. The van der Waals surface area contributed by atoms with Crippen LogP contribution in [0.5, 0.6) is 0 Å². The van der Waals surface area contributed by atoms with E-state index in [9.17, 15) is 4.79 Å². The molecule has 0 spiro atoms. The van der Waals surface area contributed by atoms with Crippen LogP contribution in [-0.2, 0) is 20.7 Å². The summed E-state index contributed by atoms with van der Waals surface area (Å²) in [7, 11) is 0. The summed E-state index contributed by atoms with van der Waals surface area (Å²) in [6, 6.07) is 0.395. The molecule has 2 fully saturated rings. The van der Waals surface area contributed by atoms with Gasteiger partial charge in [0.25, 0.3) is 0 Å². The van der Waals surface area contributed by atoms with Gasteiger partial charge in [-0.3, -0.25) is 9.69 Å². The van der Waals surface area contributed by atoms with E-state index in [0.717, 1.165) is 37.9 Å². The molecule has 1 saturated carbocycles. The summed E-state index contributed by atoms with van der Waals surface area (Å²) in [6.45, 7) is 8.13. The molecule has 5 nitrogen and oxygen atoms in total. The van der Waals surface area contributed by atoms with Gasteiger partial charge in [0.15, 0.2) is 0 Å². The predicted molar refractivity (Wildman–Crippen MR) is 99.0 cm³/mol. The smallest absolute Gasteiger partial charge is 0.311 e. The topological polar surface area (TPSA) is 51.7 Å². The summed E-state index contributed by atoms with van der Waals surface area (Å²) in [5.74, 6) is 1.27. The van der Waals surface area contributed by atoms with E-state index in [0.29, 0.717) is 18.6 Å². The molecule has 6 heteroatoms. The van der Waals surface area contributed by atoms with Gasteiger partial charge in [0, 0.05) is 30.4 Å². The van der Waals surface area contributed by atoms with Crippen molar-refractivity contribution in [2.24, 2.45) is 5.92 Å². The van der Waals surface area contributed by atoms with E-state index in [4.69, 9.17) is 14.5 Å². The first-order valence-electron chi connectivity index (χ1n) is 9.53. The second-order valence-corrected chi connectivity index (χ2v) is 8.38. The number of aromatic nitrogens is 1. The van der Waals surface area contributed by atoms with E-state index in [1.807, 2.05) is 5.38 Å². The zero-order valence-corrected chi connectivity index (χ0v) is 16.2. The van der Waals surface area contributed by atoms with Gasteiger partial charge in [0.05, 0.1) is 30.3 Å². The van der Waals surface area contributed by atoms with Crippen LogP contribution in [-0.4, -0.2) is 54.8 Å². The highest BCUT2D eigenvalue weighted by molar-refractivity contribution is 7.09. The van der Waals surface area contributed by atoms with E-state index in [1.54, 1.807) is 11.3 Å². The molecule has 0 bridgehead atoms. The zero-order chi connectivity index (χ0) is 17.6. The maximum absolute atomic E-state index is 12.1. The SMILES string of the molecule is CC1CCC(c2nc(CC(=O)OCCN3CCOCC3C)cs2)CC1. The highest BCUT2D eigenvalue weighted by Crippen LogP contribution is 2.36. The van der Waals surface area contributed by atoms with E-state index in [2.05, 4.69) is 18.7 Å². The van der Waals surface area contributed by atoms with Crippen molar-refractivity contribution in [2.45, 2.75) is 57.9 Å². The zero-order valence-electron chi connectivity index (χ0n) is 15.4. The van der Waals surface area contributed by atoms with Gasteiger partial charge >= 0.3 is 5.97 Å². The van der Waals surface area contributed by atoms with Crippen molar-refractivity contribution in [1.82, 2.24) is 9.88 Å². The van der Waals surface area contributed by atoms with Crippen LogP contribution in [0.15, 0.2) is 5.38 Å². The van der Waals surface area contributed by atoms with Crippen molar-refractivity contribution >= 4 is 17.3 Å². The number of hydrogen-bond donors (Lipinski definition) is 0. The van der Waals surface area contributed by atoms with Gasteiger partial charge in [-0.25, -0.2) is 4.98 Å². The lowest BCUT2D eigenvalue weighted by atomic mass is 9.83. The number of thiazole rings is 1. The molecule has 1 aliphatic heterocycles. The number of nitrogens with zero attached hydrogens (tertiary/aromatic N) is 2. The first-order chi connectivity index (χ1) is 12.1. The van der Waals surface area contributed by atoms with Crippen molar-refractivity contribution in [3.63, 3.8) is 0 Å². The molecule has 0 aromatic carbocycles. The third-order valence-electron chi connectivity index (χ3n) is 5.41. The fourth-order valence-corrected chi connectivity index (χ4v) is 4.66. The average Bonchev–Trinajstić information content (AvgIpc) is 3.05. The van der Waals surface area contributed by atoms with Gasteiger partial charge < -0.3 is 9.47 Å². The molecule has 3 rings (SSSR count). The number of rotatable bonds is 6. The molecule has 1 aromatic rings. The number of carbonyl (C=O) groups excluding carboxylic acids is 1. The first-order valence-corrected chi connectivity index (χ1v) is 10.4. The minimum absolute atomic E-state index is 0.171. The predicted octanol–water partition coefficient (Wildman–Crippen LogP) is 3.24. The second kappa shape index (κ2) is 9.10. The Kier molecular flexibility index (Phi) is 6.84. The fourth-order valence-electron chi connectivity index (χ4n) is 3.67. The minimum Gasteiger partial charge on any atom is -0.464 e. The Morgan fingerprint density at radius 1 is 1.36 bits per heavy atom. The van der Waals surface area contributed by atoms with Gasteiger partial charge in [-0.2, -0.15) is 0 Å². The van der Waals surface area contributed by atoms with Crippen LogP contribution in [0.1, 0.15) is 56.2 Å². The molecule has 0 radical (unpaired) electrons. The number of hydrogen-bond acceptors (Lipinski definition) is 6. The van der Waals surface area contributed by atoms with Gasteiger partial charge in [0.1, 0.15) is 6.61 Å². The van der Waals surface area contributed by atoms with Gasteiger partial charge in [0.2, 0.25) is 0 Å². The molecule has 1 atom stereocenters. The van der Waals surface area contributed by atoms with Crippen molar-refractivity contribution in [3.8, 4) is 0 Å². The Bertz CT molecular complexity index is 555. The summed E-state index contributed by atoms with van der Waals surface area (Å²) < 4.78 is 10.8. The summed E-state index contributed by atoms with van der Waals surface area (Å²) in [5.41, 5.74) is 0.864. The Balaban J connectivity index is 1.39. The highest BCUT2D eigenvalue weighted by Gasteiger charge is 2.23. The van der Waals surface area contributed by atoms with Crippen LogP contribution < -0.4 is 0 Å². The molecule has 0 amide bonds. The Labute approximate surface area is 154 Å². The lowest BCUT2D eigenvalue weighted by Gasteiger charge is -2.32. The molecule has 1 unspecified atom stereocenters. The number of esters is 1. The molecule has 1 aromatic heterocycles. The normalized spacial score (nSPS) is 28.0. The second-order valence-electron chi connectivity index (χ2n) is 7.49. The van der Waals surface area contributed by atoms with Crippen LogP contribution >= 0.6 is 11.3 Å².